The monoisotopic (exact) mass is 288 g/mol. The van der Waals surface area contributed by atoms with Gasteiger partial charge in [-0.15, -0.1) is 0 Å². The highest BCUT2D eigenvalue weighted by Gasteiger charge is 2.17. The summed E-state index contributed by atoms with van der Waals surface area (Å²) in [5.41, 5.74) is 4.16. The molecule has 0 radical (unpaired) electrons. The number of pyridine rings is 1. The molecule has 3 aromatic heterocycles. The minimum absolute atomic E-state index is 0.205. The van der Waals surface area contributed by atoms with Crippen LogP contribution in [0.25, 0.3) is 16.8 Å². The summed E-state index contributed by atoms with van der Waals surface area (Å²) < 4.78 is 1.75. The summed E-state index contributed by atoms with van der Waals surface area (Å²) >= 11 is 6.00. The van der Waals surface area contributed by atoms with Crippen LogP contribution in [0.1, 0.15) is 18.2 Å². The Bertz CT molecular complexity index is 850. The van der Waals surface area contributed by atoms with Crippen LogP contribution in [0.2, 0.25) is 5.02 Å². The van der Waals surface area contributed by atoms with E-state index in [1.807, 2.05) is 26.0 Å². The lowest BCUT2D eigenvalue weighted by Gasteiger charge is -2.04. The normalized spacial score (nSPS) is 11.2. The number of fused-ring (bicyclic) bond motifs is 1. The largest absolute Gasteiger partial charge is 0.268 e. The molecule has 0 fully saturated rings. The van der Waals surface area contributed by atoms with Crippen LogP contribution < -0.4 is 5.56 Å². The highest BCUT2D eigenvalue weighted by molar-refractivity contribution is 6.30. The number of aryl methyl sites for hydroxylation is 2. The van der Waals surface area contributed by atoms with Crippen LogP contribution in [-0.2, 0) is 6.42 Å². The summed E-state index contributed by atoms with van der Waals surface area (Å²) in [4.78, 5) is 11.3. The fourth-order valence-corrected chi connectivity index (χ4v) is 2.48. The standard InChI is InChI=1S/C14H13ClN4O/c1-3-10-13(14-8(2)6-12(20)16-17-14)11-5-4-9(15)7-19(11)18-10/h4-7H,3H2,1-2H3,(H,16,20). The molecule has 0 atom stereocenters. The maximum atomic E-state index is 11.3. The number of nitrogens with one attached hydrogen (secondary N) is 1. The second-order valence-corrected chi connectivity index (χ2v) is 5.05. The first-order valence-corrected chi connectivity index (χ1v) is 6.71. The topological polar surface area (TPSA) is 63.1 Å². The Labute approximate surface area is 120 Å². The Morgan fingerprint density at radius 3 is 2.90 bits per heavy atom. The average Bonchev–Trinajstić information content (AvgIpc) is 2.76. The predicted octanol–water partition coefficient (Wildman–Crippen LogP) is 2.61. The molecule has 5 nitrogen and oxygen atoms in total. The van der Waals surface area contributed by atoms with Crippen molar-refractivity contribution in [1.82, 2.24) is 19.8 Å². The van der Waals surface area contributed by atoms with E-state index in [0.717, 1.165) is 34.5 Å². The van der Waals surface area contributed by atoms with Crippen molar-refractivity contribution >= 4 is 17.1 Å². The zero-order chi connectivity index (χ0) is 14.3. The van der Waals surface area contributed by atoms with Crippen molar-refractivity contribution in [2.24, 2.45) is 0 Å². The maximum Gasteiger partial charge on any atom is 0.264 e. The number of H-pyrrole nitrogens is 1. The number of aromatic nitrogens is 4. The zero-order valence-electron chi connectivity index (χ0n) is 11.1. The molecule has 3 aromatic rings. The van der Waals surface area contributed by atoms with E-state index in [1.165, 1.54) is 0 Å². The summed E-state index contributed by atoms with van der Waals surface area (Å²) in [6.45, 7) is 3.91. The quantitative estimate of drug-likeness (QED) is 0.788. The molecule has 20 heavy (non-hydrogen) atoms. The number of hydrogen-bond donors (Lipinski definition) is 1. The molecular formula is C14H13ClN4O. The minimum Gasteiger partial charge on any atom is -0.268 e. The summed E-state index contributed by atoms with van der Waals surface area (Å²) in [6.07, 6.45) is 2.54. The van der Waals surface area contributed by atoms with Gasteiger partial charge in [-0.1, -0.05) is 18.5 Å². The van der Waals surface area contributed by atoms with Gasteiger partial charge >= 0.3 is 0 Å². The second kappa shape index (κ2) is 4.76. The van der Waals surface area contributed by atoms with E-state index in [4.69, 9.17) is 11.6 Å². The SMILES string of the molecule is CCc1nn2cc(Cl)ccc2c1-c1n[nH]c(=O)cc1C. The molecule has 6 heteroatoms. The Balaban J connectivity index is 2.36. The third kappa shape index (κ3) is 2.00. The second-order valence-electron chi connectivity index (χ2n) is 4.62. The molecular weight excluding hydrogens is 276 g/mol. The molecule has 3 rings (SSSR count). The minimum atomic E-state index is -0.205. The Kier molecular flexibility index (Phi) is 3.06. The van der Waals surface area contributed by atoms with Gasteiger partial charge in [-0.2, -0.15) is 10.2 Å². The van der Waals surface area contributed by atoms with Crippen LogP contribution in [0.15, 0.2) is 29.2 Å². The van der Waals surface area contributed by atoms with Crippen molar-refractivity contribution in [1.29, 1.82) is 0 Å². The Morgan fingerprint density at radius 2 is 2.20 bits per heavy atom. The van der Waals surface area contributed by atoms with Crippen molar-refractivity contribution in [3.8, 4) is 11.3 Å². The number of rotatable bonds is 2. The number of halogens is 1. The summed E-state index contributed by atoms with van der Waals surface area (Å²) in [5.74, 6) is 0. The molecule has 0 aliphatic carbocycles. The van der Waals surface area contributed by atoms with Gasteiger partial charge in [-0.05, 0) is 31.0 Å². The molecule has 0 unspecified atom stereocenters. The van der Waals surface area contributed by atoms with Crippen LogP contribution >= 0.6 is 11.6 Å². The van der Waals surface area contributed by atoms with Gasteiger partial charge in [0.15, 0.2) is 0 Å². The van der Waals surface area contributed by atoms with E-state index in [1.54, 1.807) is 16.8 Å². The lowest BCUT2D eigenvalue weighted by atomic mass is 10.0. The third-order valence-corrected chi connectivity index (χ3v) is 3.46. The van der Waals surface area contributed by atoms with Crippen molar-refractivity contribution in [2.45, 2.75) is 20.3 Å². The van der Waals surface area contributed by atoms with Crippen molar-refractivity contribution in [3.63, 3.8) is 0 Å². The number of nitrogens with zero attached hydrogens (tertiary/aromatic N) is 3. The molecule has 0 amide bonds. The molecule has 0 saturated heterocycles. The molecule has 0 saturated carbocycles. The van der Waals surface area contributed by atoms with E-state index < -0.39 is 0 Å². The van der Waals surface area contributed by atoms with E-state index in [0.29, 0.717) is 5.02 Å². The van der Waals surface area contributed by atoms with Gasteiger partial charge < -0.3 is 0 Å². The molecule has 102 valence electrons. The van der Waals surface area contributed by atoms with Crippen molar-refractivity contribution in [3.05, 3.63) is 51.0 Å². The van der Waals surface area contributed by atoms with Gasteiger partial charge in [0.1, 0.15) is 0 Å². The first kappa shape index (κ1) is 12.9. The highest BCUT2D eigenvalue weighted by atomic mass is 35.5. The van der Waals surface area contributed by atoms with Gasteiger partial charge in [0.2, 0.25) is 0 Å². The van der Waals surface area contributed by atoms with Gasteiger partial charge in [0.05, 0.1) is 27.5 Å². The number of hydrogen-bond acceptors (Lipinski definition) is 3. The van der Waals surface area contributed by atoms with Gasteiger partial charge in [-0.3, -0.25) is 4.79 Å². The Morgan fingerprint density at radius 1 is 1.40 bits per heavy atom. The molecule has 0 aliphatic heterocycles. The molecule has 0 bridgehead atoms. The summed E-state index contributed by atoms with van der Waals surface area (Å²) in [6, 6.07) is 5.28. The Hall–Kier alpha value is -2.14. The maximum absolute atomic E-state index is 11.3. The van der Waals surface area contributed by atoms with E-state index in [-0.39, 0.29) is 5.56 Å². The first-order valence-electron chi connectivity index (χ1n) is 6.33. The van der Waals surface area contributed by atoms with Crippen LogP contribution in [-0.4, -0.2) is 19.8 Å². The highest BCUT2D eigenvalue weighted by Crippen LogP contribution is 2.29. The van der Waals surface area contributed by atoms with Gasteiger partial charge in [0.25, 0.3) is 5.56 Å². The first-order chi connectivity index (χ1) is 9.60. The van der Waals surface area contributed by atoms with E-state index in [9.17, 15) is 4.79 Å². The predicted molar refractivity (Wildman–Crippen MR) is 78.2 cm³/mol. The third-order valence-electron chi connectivity index (χ3n) is 3.24. The smallest absolute Gasteiger partial charge is 0.264 e. The molecule has 0 aromatic carbocycles. The fraction of sp³-hybridized carbons (Fsp3) is 0.214. The van der Waals surface area contributed by atoms with Crippen LogP contribution in [0.5, 0.6) is 0 Å². The lowest BCUT2D eigenvalue weighted by Crippen LogP contribution is -2.08. The van der Waals surface area contributed by atoms with E-state index >= 15 is 0 Å². The summed E-state index contributed by atoms with van der Waals surface area (Å²) in [5, 5.41) is 11.8. The van der Waals surface area contributed by atoms with Gasteiger partial charge in [-0.25, -0.2) is 9.61 Å². The zero-order valence-corrected chi connectivity index (χ0v) is 11.9. The number of aromatic amines is 1. The van der Waals surface area contributed by atoms with Gasteiger partial charge in [0, 0.05) is 12.3 Å². The van der Waals surface area contributed by atoms with E-state index in [2.05, 4.69) is 15.3 Å². The summed E-state index contributed by atoms with van der Waals surface area (Å²) in [7, 11) is 0. The lowest BCUT2D eigenvalue weighted by molar-refractivity contribution is 0.897. The van der Waals surface area contributed by atoms with Crippen LogP contribution in [0.4, 0.5) is 0 Å². The van der Waals surface area contributed by atoms with Crippen LogP contribution in [0.3, 0.4) is 0 Å². The molecule has 0 spiro atoms. The average molecular weight is 289 g/mol. The van der Waals surface area contributed by atoms with Crippen molar-refractivity contribution < 1.29 is 0 Å². The molecule has 3 heterocycles. The fourth-order valence-electron chi connectivity index (χ4n) is 2.33. The van der Waals surface area contributed by atoms with Crippen molar-refractivity contribution in [2.75, 3.05) is 0 Å². The van der Waals surface area contributed by atoms with Crippen LogP contribution in [0, 0.1) is 6.92 Å². The molecule has 1 N–H and O–H groups in total. The molecule has 0 aliphatic rings.